The van der Waals surface area contributed by atoms with Crippen LogP contribution in [0, 0.1) is 11.6 Å². The fourth-order valence-corrected chi connectivity index (χ4v) is 5.31. The van der Waals surface area contributed by atoms with E-state index in [1.807, 2.05) is 13.8 Å². The lowest BCUT2D eigenvalue weighted by Gasteiger charge is -2.48. The summed E-state index contributed by atoms with van der Waals surface area (Å²) in [5, 5.41) is 2.62. The molecule has 2 saturated heterocycles. The third kappa shape index (κ3) is 7.93. The van der Waals surface area contributed by atoms with Crippen LogP contribution in [0.2, 0.25) is 0 Å². The number of nitrogens with one attached hydrogen (secondary N) is 1. The Morgan fingerprint density at radius 1 is 1.13 bits per heavy atom. The average molecular weight is 639 g/mol. The van der Waals surface area contributed by atoms with Gasteiger partial charge in [-0.15, -0.1) is 0 Å². The number of nitrogens with zero attached hydrogens (tertiary/aromatic N) is 5. The van der Waals surface area contributed by atoms with Gasteiger partial charge in [-0.3, -0.25) is 14.4 Å². The summed E-state index contributed by atoms with van der Waals surface area (Å²) < 4.78 is 45.1. The molecule has 2 aliphatic rings. The summed E-state index contributed by atoms with van der Waals surface area (Å²) >= 11 is 0. The highest BCUT2D eigenvalue weighted by Crippen LogP contribution is 2.26. The summed E-state index contributed by atoms with van der Waals surface area (Å²) in [6, 6.07) is 5.77. The molecule has 0 bridgehead atoms. The van der Waals surface area contributed by atoms with Crippen LogP contribution in [0.25, 0.3) is 0 Å². The number of benzene rings is 1. The predicted octanol–water partition coefficient (Wildman–Crippen LogP) is 3.94. The molecule has 46 heavy (non-hydrogen) atoms. The van der Waals surface area contributed by atoms with E-state index in [1.54, 1.807) is 16.0 Å². The number of carbonyl (C=O) groups excluding carboxylic acids is 2. The molecule has 0 radical (unpaired) electrons. The third-order valence-electron chi connectivity index (χ3n) is 7.77. The second-order valence-corrected chi connectivity index (χ2v) is 11.6. The van der Waals surface area contributed by atoms with Gasteiger partial charge in [0.2, 0.25) is 5.88 Å². The molecular formula is C32H36F2N6O6. The third-order valence-corrected chi connectivity index (χ3v) is 7.77. The van der Waals surface area contributed by atoms with Gasteiger partial charge >= 0.3 is 0 Å². The van der Waals surface area contributed by atoms with E-state index in [0.29, 0.717) is 44.4 Å². The van der Waals surface area contributed by atoms with Gasteiger partial charge in [-0.05, 0) is 51.3 Å². The number of halogens is 2. The fourth-order valence-electron chi connectivity index (χ4n) is 5.31. The Labute approximate surface area is 264 Å². The maximum atomic E-state index is 13.9. The van der Waals surface area contributed by atoms with Crippen LogP contribution < -0.4 is 15.6 Å². The van der Waals surface area contributed by atoms with Crippen LogP contribution in [0.5, 0.6) is 11.6 Å². The number of amides is 2. The Morgan fingerprint density at radius 2 is 1.96 bits per heavy atom. The summed E-state index contributed by atoms with van der Waals surface area (Å²) in [7, 11) is 0. The maximum Gasteiger partial charge on any atom is 0.272 e. The molecular weight excluding hydrogens is 602 g/mol. The van der Waals surface area contributed by atoms with Gasteiger partial charge in [0.25, 0.3) is 17.4 Å². The lowest BCUT2D eigenvalue weighted by molar-refractivity contribution is -0.163. The van der Waals surface area contributed by atoms with Gasteiger partial charge in [0.05, 0.1) is 35.8 Å². The van der Waals surface area contributed by atoms with Gasteiger partial charge in [-0.25, -0.2) is 18.7 Å². The van der Waals surface area contributed by atoms with Gasteiger partial charge in [-0.1, -0.05) is 6.58 Å². The minimum Gasteiger partial charge on any atom is -0.434 e. The SMILES string of the molecule is C=C(C(=O)Nc1cnc(Oc2ccc(F)cc2F)cn1)N1CCN(C(=O)c2ccc(=O)n(CCO[C@H]3CCCCO3)c2)C(C)(C)C1. The zero-order chi connectivity index (χ0) is 32.8. The molecule has 1 aromatic carbocycles. The molecule has 2 aliphatic heterocycles. The first-order valence-electron chi connectivity index (χ1n) is 15.0. The lowest BCUT2D eigenvalue weighted by Crippen LogP contribution is -2.61. The van der Waals surface area contributed by atoms with Crippen molar-refractivity contribution in [3.63, 3.8) is 0 Å². The van der Waals surface area contributed by atoms with E-state index in [0.717, 1.165) is 31.4 Å². The molecule has 3 aromatic rings. The minimum absolute atomic E-state index is 0.0531. The van der Waals surface area contributed by atoms with Crippen molar-refractivity contribution in [2.75, 3.05) is 38.2 Å². The van der Waals surface area contributed by atoms with E-state index < -0.39 is 23.1 Å². The molecule has 4 heterocycles. The minimum atomic E-state index is -0.893. The molecule has 1 atom stereocenters. The second-order valence-electron chi connectivity index (χ2n) is 11.6. The molecule has 12 nitrogen and oxygen atoms in total. The zero-order valence-corrected chi connectivity index (χ0v) is 25.7. The number of hydrogen-bond donors (Lipinski definition) is 1. The van der Waals surface area contributed by atoms with Crippen molar-refractivity contribution in [2.24, 2.45) is 0 Å². The van der Waals surface area contributed by atoms with Crippen molar-refractivity contribution < 1.29 is 32.6 Å². The van der Waals surface area contributed by atoms with E-state index >= 15 is 0 Å². The van der Waals surface area contributed by atoms with Gasteiger partial charge in [0.1, 0.15) is 5.82 Å². The first-order valence-corrected chi connectivity index (χ1v) is 15.0. The van der Waals surface area contributed by atoms with Gasteiger partial charge in [0.15, 0.2) is 23.7 Å². The van der Waals surface area contributed by atoms with E-state index in [9.17, 15) is 23.2 Å². The number of anilines is 1. The molecule has 1 N–H and O–H groups in total. The van der Waals surface area contributed by atoms with E-state index in [-0.39, 0.29) is 47.5 Å². The molecule has 2 amide bonds. The quantitative estimate of drug-likeness (QED) is 0.329. The molecule has 0 saturated carbocycles. The van der Waals surface area contributed by atoms with Crippen molar-refractivity contribution in [3.8, 4) is 11.6 Å². The molecule has 5 rings (SSSR count). The van der Waals surface area contributed by atoms with Crippen LogP contribution in [-0.2, 0) is 20.8 Å². The highest BCUT2D eigenvalue weighted by molar-refractivity contribution is 6.02. The number of rotatable bonds is 10. The Kier molecular flexibility index (Phi) is 10.1. The van der Waals surface area contributed by atoms with Crippen molar-refractivity contribution in [1.29, 1.82) is 0 Å². The number of aromatic nitrogens is 3. The molecule has 14 heteroatoms. The fraction of sp³-hybridized carbons (Fsp3) is 0.406. The van der Waals surface area contributed by atoms with Crippen LogP contribution in [0.3, 0.4) is 0 Å². The number of piperazine rings is 1. The number of pyridine rings is 1. The Hall–Kier alpha value is -4.69. The Morgan fingerprint density at radius 3 is 2.65 bits per heavy atom. The first-order chi connectivity index (χ1) is 22.0. The smallest absolute Gasteiger partial charge is 0.272 e. The van der Waals surface area contributed by atoms with Crippen molar-refractivity contribution >= 4 is 17.6 Å². The van der Waals surface area contributed by atoms with Crippen LogP contribution in [0.15, 0.2) is 66.0 Å². The van der Waals surface area contributed by atoms with Crippen molar-refractivity contribution in [1.82, 2.24) is 24.3 Å². The highest BCUT2D eigenvalue weighted by atomic mass is 19.1. The average Bonchev–Trinajstić information content (AvgIpc) is 3.03. The second kappa shape index (κ2) is 14.2. The van der Waals surface area contributed by atoms with Gasteiger partial charge in [-0.2, -0.15) is 0 Å². The molecule has 2 aromatic heterocycles. The topological polar surface area (TPSA) is 128 Å². The summed E-state index contributed by atoms with van der Waals surface area (Å²) in [5.41, 5.74) is -0.370. The molecule has 244 valence electrons. The van der Waals surface area contributed by atoms with Crippen LogP contribution in [0.1, 0.15) is 43.5 Å². The number of carbonyl (C=O) groups is 2. The Bertz CT molecular complexity index is 1640. The van der Waals surface area contributed by atoms with Gasteiger partial charge < -0.3 is 33.9 Å². The summed E-state index contributed by atoms with van der Waals surface area (Å²) in [6.07, 6.45) is 6.59. The van der Waals surface area contributed by atoms with Crippen molar-refractivity contribution in [2.45, 2.75) is 51.5 Å². The van der Waals surface area contributed by atoms with E-state index in [4.69, 9.17) is 14.2 Å². The molecule has 2 fully saturated rings. The van der Waals surface area contributed by atoms with E-state index in [1.165, 1.54) is 29.1 Å². The normalized spacial score (nSPS) is 17.8. The zero-order valence-electron chi connectivity index (χ0n) is 25.7. The van der Waals surface area contributed by atoms with Crippen LogP contribution in [-0.4, -0.2) is 80.8 Å². The van der Waals surface area contributed by atoms with Crippen LogP contribution in [0.4, 0.5) is 14.6 Å². The van der Waals surface area contributed by atoms with Crippen molar-refractivity contribution in [3.05, 3.63) is 88.8 Å². The Balaban J connectivity index is 1.15. The van der Waals surface area contributed by atoms with Crippen LogP contribution >= 0.6 is 0 Å². The van der Waals surface area contributed by atoms with E-state index in [2.05, 4.69) is 21.9 Å². The largest absolute Gasteiger partial charge is 0.434 e. The molecule has 0 unspecified atom stereocenters. The first kappa shape index (κ1) is 32.7. The standard InChI is InChI=1S/C32H36F2N6O6/c1-21(30(42)37-26-17-36-27(18-35-26)46-25-9-8-23(33)16-24(25)34)39-11-12-40(32(2,3)20-39)31(43)22-7-10-28(41)38(19-22)13-15-45-29-6-4-5-14-44-29/h7-10,16-19,29H,1,4-6,11-15,20H2,2-3H3,(H,35,37,42)/t29-/m0/s1. The summed E-state index contributed by atoms with van der Waals surface area (Å²) in [4.78, 5) is 50.7. The predicted molar refractivity (Wildman–Crippen MR) is 163 cm³/mol. The number of hydrogen-bond acceptors (Lipinski definition) is 9. The summed E-state index contributed by atoms with van der Waals surface area (Å²) in [6.45, 7) is 9.96. The molecule has 0 aliphatic carbocycles. The highest BCUT2D eigenvalue weighted by Gasteiger charge is 2.38. The maximum absolute atomic E-state index is 13.9. The molecule has 0 spiro atoms. The monoisotopic (exact) mass is 638 g/mol. The van der Waals surface area contributed by atoms with Gasteiger partial charge in [0, 0.05) is 51.1 Å². The number of ether oxygens (including phenoxy) is 3. The lowest BCUT2D eigenvalue weighted by atomic mass is 9.97. The summed E-state index contributed by atoms with van der Waals surface area (Å²) in [5.74, 6) is -2.55.